The molecule has 0 aliphatic carbocycles. The molecule has 30 heavy (non-hydrogen) atoms. The van der Waals surface area contributed by atoms with Gasteiger partial charge in [-0.05, 0) is 24.1 Å². The van der Waals surface area contributed by atoms with Gasteiger partial charge in [-0.2, -0.15) is 0 Å². The Labute approximate surface area is 181 Å². The van der Waals surface area contributed by atoms with E-state index in [9.17, 15) is 4.79 Å². The molecule has 0 bridgehead atoms. The molecule has 1 atom stereocenters. The van der Waals surface area contributed by atoms with Crippen LogP contribution in [0.25, 0.3) is 0 Å². The maximum Gasteiger partial charge on any atom is 0.258 e. The first-order chi connectivity index (χ1) is 14.7. The van der Waals surface area contributed by atoms with Crippen molar-refractivity contribution in [1.82, 2.24) is 10.3 Å². The van der Waals surface area contributed by atoms with E-state index in [2.05, 4.69) is 19.5 Å². The number of hydrogen-bond donors (Lipinski definition) is 1. The predicted octanol–water partition coefficient (Wildman–Crippen LogP) is 5.14. The highest BCUT2D eigenvalue weighted by molar-refractivity contribution is 7.16. The van der Waals surface area contributed by atoms with Crippen molar-refractivity contribution in [3.8, 4) is 11.6 Å². The third-order valence-corrected chi connectivity index (χ3v) is 4.23. The van der Waals surface area contributed by atoms with Gasteiger partial charge in [0, 0.05) is 12.0 Å². The number of carbonyl (C=O) groups is 1. The molecule has 1 amide bonds. The van der Waals surface area contributed by atoms with Crippen molar-refractivity contribution in [3.05, 3.63) is 89.1 Å². The number of ether oxygens (including phenoxy) is 2. The second-order valence-corrected chi connectivity index (χ2v) is 6.61. The Morgan fingerprint density at radius 3 is 2.00 bits per heavy atom. The van der Waals surface area contributed by atoms with Gasteiger partial charge in [-0.1, -0.05) is 74.5 Å². The zero-order chi connectivity index (χ0) is 21.8. The monoisotopic (exact) mass is 424 g/mol. The minimum atomic E-state index is -0.229. The fraction of sp³-hybridized carbons (Fsp3) is 0.250. The van der Waals surface area contributed by atoms with E-state index in [0.717, 1.165) is 11.1 Å². The van der Waals surface area contributed by atoms with Gasteiger partial charge in [0.1, 0.15) is 13.2 Å². The number of benzene rings is 2. The molecule has 1 aromatic heterocycles. The van der Waals surface area contributed by atoms with Gasteiger partial charge in [-0.3, -0.25) is 4.79 Å². The number of hydrogen-bond acceptors (Lipinski definition) is 4. The molecule has 0 spiro atoms. The van der Waals surface area contributed by atoms with Gasteiger partial charge in [0.15, 0.2) is 5.75 Å². The van der Waals surface area contributed by atoms with Gasteiger partial charge in [0.05, 0.1) is 5.56 Å². The van der Waals surface area contributed by atoms with Crippen LogP contribution in [0, 0.1) is 6.92 Å². The number of aryl methyl sites for hydroxylation is 1. The third kappa shape index (κ3) is 6.85. The zero-order valence-electron chi connectivity index (χ0n) is 17.7. The summed E-state index contributed by atoms with van der Waals surface area (Å²) in [6, 6.07) is 21.3. The second-order valence-electron chi connectivity index (χ2n) is 6.20. The molecule has 2 aromatic carbocycles. The summed E-state index contributed by atoms with van der Waals surface area (Å²) in [5, 5.41) is 2.79. The van der Waals surface area contributed by atoms with Gasteiger partial charge >= 0.3 is 0 Å². The molecule has 1 heterocycles. The molecule has 158 valence electrons. The Bertz CT molecular complexity index is 918. The van der Waals surface area contributed by atoms with E-state index >= 15 is 0 Å². The smallest absolute Gasteiger partial charge is 0.258 e. The number of rotatable bonds is 8. The zero-order valence-corrected chi connectivity index (χ0v) is 18.9. The van der Waals surface area contributed by atoms with E-state index in [1.807, 2.05) is 81.4 Å². The topological polar surface area (TPSA) is 60.5 Å². The van der Waals surface area contributed by atoms with Gasteiger partial charge in [0.2, 0.25) is 0 Å². The van der Waals surface area contributed by atoms with Crippen molar-refractivity contribution >= 4 is 15.1 Å². The van der Waals surface area contributed by atoms with Crippen LogP contribution in [0.5, 0.6) is 11.6 Å². The van der Waals surface area contributed by atoms with Crippen LogP contribution >= 0.6 is 9.24 Å². The van der Waals surface area contributed by atoms with E-state index in [4.69, 9.17) is 9.47 Å². The molecule has 0 aliphatic rings. The van der Waals surface area contributed by atoms with Crippen LogP contribution in [-0.4, -0.2) is 17.2 Å². The van der Waals surface area contributed by atoms with Crippen LogP contribution in [0.4, 0.5) is 0 Å². The Kier molecular flexibility index (Phi) is 9.82. The molecular formula is C24H29N2O3P. The minimum Gasteiger partial charge on any atom is -0.483 e. The average Bonchev–Trinajstić information content (AvgIpc) is 2.79. The summed E-state index contributed by atoms with van der Waals surface area (Å²) >= 11 is 0. The number of amides is 1. The molecule has 3 rings (SSSR count). The molecular weight excluding hydrogens is 395 g/mol. The summed E-state index contributed by atoms with van der Waals surface area (Å²) < 4.78 is 12.0. The number of aromatic nitrogens is 1. The Hall–Kier alpha value is -2.91. The molecule has 6 heteroatoms. The molecule has 0 fully saturated rings. The highest BCUT2D eigenvalue weighted by atomic mass is 31.0. The molecule has 1 N–H and O–H groups in total. The Balaban J connectivity index is 0.00000155. The maximum atomic E-state index is 12.6. The van der Waals surface area contributed by atoms with E-state index in [1.54, 1.807) is 6.07 Å². The lowest BCUT2D eigenvalue weighted by Gasteiger charge is -2.16. The molecule has 3 aromatic rings. The van der Waals surface area contributed by atoms with Crippen molar-refractivity contribution in [1.29, 1.82) is 0 Å². The fourth-order valence-electron chi connectivity index (χ4n) is 2.68. The lowest BCUT2D eigenvalue weighted by molar-refractivity contribution is 0.0954. The summed E-state index contributed by atoms with van der Waals surface area (Å²) in [5.74, 6) is 0.433. The molecule has 5 nitrogen and oxygen atoms in total. The quantitative estimate of drug-likeness (QED) is 0.509. The molecule has 0 radical (unpaired) electrons. The van der Waals surface area contributed by atoms with Crippen molar-refractivity contribution < 1.29 is 14.3 Å². The maximum absolute atomic E-state index is 12.6. The molecule has 1 unspecified atom stereocenters. The van der Waals surface area contributed by atoms with Crippen LogP contribution in [0.15, 0.2) is 66.7 Å². The summed E-state index contributed by atoms with van der Waals surface area (Å²) in [4.78, 5) is 17.0. The van der Waals surface area contributed by atoms with Crippen molar-refractivity contribution in [2.75, 3.05) is 6.29 Å². The van der Waals surface area contributed by atoms with Crippen molar-refractivity contribution in [2.24, 2.45) is 0 Å². The van der Waals surface area contributed by atoms with E-state index < -0.39 is 0 Å². The van der Waals surface area contributed by atoms with Crippen LogP contribution in [0.3, 0.4) is 0 Å². The third-order valence-electron chi connectivity index (χ3n) is 4.02. The number of carbonyl (C=O) groups excluding carboxylic acids is 1. The fourth-order valence-corrected chi connectivity index (χ4v) is 2.87. The first-order valence-corrected chi connectivity index (χ1v) is 10.8. The van der Waals surface area contributed by atoms with E-state index in [1.165, 1.54) is 0 Å². The largest absolute Gasteiger partial charge is 0.483 e. The lowest BCUT2D eigenvalue weighted by Crippen LogP contribution is -2.23. The standard InChI is InChI=1S/C22H23N2O3P.C2H6/c1-16-12-19(21(25)23-15-28)20(26-13-17-8-4-2-5-9-17)22(24-16)27-14-18-10-6-3-7-11-18;1-2/h2-12H,13-15,28H2,1H3,(H,23,25);1-2H3. The average molecular weight is 424 g/mol. The van der Waals surface area contributed by atoms with E-state index in [-0.39, 0.29) is 5.91 Å². The lowest BCUT2D eigenvalue weighted by atomic mass is 10.2. The molecule has 0 aliphatic heterocycles. The first kappa shape index (κ1) is 23.4. The summed E-state index contributed by atoms with van der Waals surface area (Å²) in [7, 11) is 2.48. The first-order valence-electron chi connectivity index (χ1n) is 10.0. The minimum absolute atomic E-state index is 0.229. The summed E-state index contributed by atoms with van der Waals surface area (Å²) in [6.07, 6.45) is 0.443. The number of pyridine rings is 1. The number of nitrogens with zero attached hydrogens (tertiary/aromatic N) is 1. The van der Waals surface area contributed by atoms with Crippen LogP contribution in [0.2, 0.25) is 0 Å². The van der Waals surface area contributed by atoms with Crippen LogP contribution in [-0.2, 0) is 13.2 Å². The summed E-state index contributed by atoms with van der Waals surface area (Å²) in [6.45, 7) is 6.48. The Morgan fingerprint density at radius 1 is 0.933 bits per heavy atom. The van der Waals surface area contributed by atoms with Gasteiger partial charge < -0.3 is 14.8 Å². The highest BCUT2D eigenvalue weighted by Crippen LogP contribution is 2.32. The normalized spacial score (nSPS) is 9.87. The van der Waals surface area contributed by atoms with Gasteiger partial charge in [-0.15, -0.1) is 9.24 Å². The number of nitrogens with one attached hydrogen (secondary N) is 1. The highest BCUT2D eigenvalue weighted by Gasteiger charge is 2.20. The van der Waals surface area contributed by atoms with Crippen LogP contribution < -0.4 is 14.8 Å². The van der Waals surface area contributed by atoms with Gasteiger partial charge in [0.25, 0.3) is 11.8 Å². The predicted molar refractivity (Wildman–Crippen MR) is 124 cm³/mol. The molecule has 0 saturated heterocycles. The van der Waals surface area contributed by atoms with Crippen molar-refractivity contribution in [3.63, 3.8) is 0 Å². The van der Waals surface area contributed by atoms with Crippen LogP contribution in [0.1, 0.15) is 41.0 Å². The van der Waals surface area contributed by atoms with Gasteiger partial charge in [-0.25, -0.2) is 4.98 Å². The Morgan fingerprint density at radius 2 is 1.47 bits per heavy atom. The summed E-state index contributed by atoms with van der Waals surface area (Å²) in [5.41, 5.74) is 3.10. The van der Waals surface area contributed by atoms with Crippen molar-refractivity contribution in [2.45, 2.75) is 34.0 Å². The molecule has 0 saturated carbocycles. The second kappa shape index (κ2) is 12.6. The SMILES string of the molecule is CC.Cc1cc(C(=O)NCP)c(OCc2ccccc2)c(OCc2ccccc2)n1. The van der Waals surface area contributed by atoms with E-state index in [0.29, 0.717) is 42.4 Å².